The van der Waals surface area contributed by atoms with Crippen LogP contribution in [0.25, 0.3) is 0 Å². The molecule has 0 amide bonds. The molecule has 1 aromatic rings. The third-order valence-electron chi connectivity index (χ3n) is 2.49. The molecule has 0 aliphatic carbocycles. The molecular weight excluding hydrogens is 192 g/mol. The van der Waals surface area contributed by atoms with Gasteiger partial charge in [-0.15, -0.1) is 0 Å². The summed E-state index contributed by atoms with van der Waals surface area (Å²) in [5.41, 5.74) is 0. The molecule has 0 aliphatic heterocycles. The van der Waals surface area contributed by atoms with Crippen molar-refractivity contribution in [2.24, 2.45) is 5.92 Å². The van der Waals surface area contributed by atoms with Gasteiger partial charge in [0.15, 0.2) is 0 Å². The summed E-state index contributed by atoms with van der Waals surface area (Å²) in [7, 11) is 1.61. The van der Waals surface area contributed by atoms with Crippen molar-refractivity contribution in [2.45, 2.75) is 19.9 Å². The first-order chi connectivity index (χ1) is 7.17. The molecule has 0 bridgehead atoms. The number of methoxy groups -OCH3 is 1. The van der Waals surface area contributed by atoms with Gasteiger partial charge in [-0.1, -0.05) is 6.92 Å². The first-order valence-electron chi connectivity index (χ1n) is 5.04. The highest BCUT2D eigenvalue weighted by Crippen LogP contribution is 2.14. The van der Waals surface area contributed by atoms with Crippen molar-refractivity contribution < 1.29 is 9.84 Å². The fourth-order valence-electron chi connectivity index (χ4n) is 1.12. The van der Waals surface area contributed by atoms with Crippen molar-refractivity contribution in [1.82, 2.24) is 4.98 Å². The molecule has 0 fully saturated rings. The molecule has 0 aliphatic rings. The lowest BCUT2D eigenvalue weighted by Crippen LogP contribution is -2.26. The van der Waals surface area contributed by atoms with Gasteiger partial charge >= 0.3 is 0 Å². The van der Waals surface area contributed by atoms with E-state index in [-0.39, 0.29) is 18.6 Å². The summed E-state index contributed by atoms with van der Waals surface area (Å²) in [5.74, 6) is 1.74. The lowest BCUT2D eigenvalue weighted by molar-refractivity contribution is 0.226. The number of anilines is 1. The lowest BCUT2D eigenvalue weighted by Gasteiger charge is -2.19. The second-order valence-electron chi connectivity index (χ2n) is 3.68. The molecule has 4 heteroatoms. The molecule has 2 atom stereocenters. The van der Waals surface area contributed by atoms with Gasteiger partial charge in [0.1, 0.15) is 11.6 Å². The highest BCUT2D eigenvalue weighted by Gasteiger charge is 2.10. The Morgan fingerprint density at radius 1 is 1.47 bits per heavy atom. The van der Waals surface area contributed by atoms with Crippen molar-refractivity contribution in [3.63, 3.8) is 0 Å². The zero-order chi connectivity index (χ0) is 11.3. The van der Waals surface area contributed by atoms with E-state index in [2.05, 4.69) is 10.3 Å². The third-order valence-corrected chi connectivity index (χ3v) is 2.49. The Kier molecular flexibility index (Phi) is 4.37. The minimum absolute atomic E-state index is 0.171. The molecule has 15 heavy (non-hydrogen) atoms. The van der Waals surface area contributed by atoms with Crippen LogP contribution in [0.4, 0.5) is 5.82 Å². The quantitative estimate of drug-likeness (QED) is 0.773. The van der Waals surface area contributed by atoms with E-state index in [1.807, 2.05) is 26.0 Å². The summed E-state index contributed by atoms with van der Waals surface area (Å²) in [6.45, 7) is 4.18. The summed E-state index contributed by atoms with van der Waals surface area (Å²) >= 11 is 0. The fourth-order valence-corrected chi connectivity index (χ4v) is 1.12. The van der Waals surface area contributed by atoms with Gasteiger partial charge in [0.05, 0.1) is 13.3 Å². The highest BCUT2D eigenvalue weighted by atomic mass is 16.5. The molecule has 2 unspecified atom stereocenters. The molecule has 0 saturated heterocycles. The number of nitrogens with one attached hydrogen (secondary N) is 1. The van der Waals surface area contributed by atoms with Crippen LogP contribution in [0.2, 0.25) is 0 Å². The Balaban J connectivity index is 2.57. The van der Waals surface area contributed by atoms with E-state index in [0.717, 1.165) is 11.6 Å². The summed E-state index contributed by atoms with van der Waals surface area (Å²) < 4.78 is 5.01. The molecule has 1 heterocycles. The molecular formula is C11H18N2O2. The summed E-state index contributed by atoms with van der Waals surface area (Å²) in [6.07, 6.45) is 1.67. The van der Waals surface area contributed by atoms with Crippen LogP contribution in [0.3, 0.4) is 0 Å². The molecule has 1 rings (SSSR count). The van der Waals surface area contributed by atoms with Crippen LogP contribution in [-0.2, 0) is 0 Å². The Labute approximate surface area is 90.3 Å². The van der Waals surface area contributed by atoms with Crippen molar-refractivity contribution >= 4 is 5.82 Å². The Morgan fingerprint density at radius 2 is 2.20 bits per heavy atom. The number of ether oxygens (including phenoxy) is 1. The number of nitrogens with zero attached hydrogens (tertiary/aromatic N) is 1. The van der Waals surface area contributed by atoms with E-state index < -0.39 is 0 Å². The van der Waals surface area contributed by atoms with Gasteiger partial charge in [0.25, 0.3) is 0 Å². The lowest BCUT2D eigenvalue weighted by atomic mass is 10.1. The summed E-state index contributed by atoms with van der Waals surface area (Å²) in [4.78, 5) is 4.19. The van der Waals surface area contributed by atoms with Gasteiger partial charge in [0, 0.05) is 12.6 Å². The van der Waals surface area contributed by atoms with E-state index in [1.54, 1.807) is 13.3 Å². The average molecular weight is 210 g/mol. The third kappa shape index (κ3) is 3.40. The molecule has 1 aromatic heterocycles. The maximum atomic E-state index is 8.98. The summed E-state index contributed by atoms with van der Waals surface area (Å²) in [5, 5.41) is 12.2. The van der Waals surface area contributed by atoms with Crippen LogP contribution >= 0.6 is 0 Å². The number of hydrogen-bond acceptors (Lipinski definition) is 4. The second-order valence-corrected chi connectivity index (χ2v) is 3.68. The molecule has 0 radical (unpaired) electrons. The number of aliphatic hydroxyl groups is 1. The summed E-state index contributed by atoms with van der Waals surface area (Å²) in [6, 6.07) is 3.90. The van der Waals surface area contributed by atoms with Gasteiger partial charge < -0.3 is 15.2 Å². The Hall–Kier alpha value is -1.29. The van der Waals surface area contributed by atoms with Crippen LogP contribution in [-0.4, -0.2) is 29.8 Å². The van der Waals surface area contributed by atoms with Crippen LogP contribution in [0.5, 0.6) is 5.75 Å². The number of pyridine rings is 1. The average Bonchev–Trinajstić information content (AvgIpc) is 2.29. The molecule has 0 spiro atoms. The number of aliphatic hydroxyl groups excluding tert-OH is 1. The fraction of sp³-hybridized carbons (Fsp3) is 0.545. The highest BCUT2D eigenvalue weighted by molar-refractivity contribution is 5.38. The second kappa shape index (κ2) is 5.56. The number of hydrogen-bond donors (Lipinski definition) is 2. The predicted molar refractivity (Wildman–Crippen MR) is 60.1 cm³/mol. The number of aromatic nitrogens is 1. The largest absolute Gasteiger partial charge is 0.495 e. The predicted octanol–water partition coefficient (Wildman–Crippen LogP) is 1.52. The minimum atomic E-state index is 0.171. The topological polar surface area (TPSA) is 54.4 Å². The molecule has 84 valence electrons. The van der Waals surface area contributed by atoms with E-state index in [4.69, 9.17) is 9.84 Å². The van der Waals surface area contributed by atoms with Crippen molar-refractivity contribution in [3.05, 3.63) is 18.3 Å². The van der Waals surface area contributed by atoms with Gasteiger partial charge in [-0.05, 0) is 25.0 Å². The Bertz CT molecular complexity index is 287. The standard InChI is InChI=1S/C11H18N2O2/c1-8(7-14)9(2)13-11-5-4-10(15-3)6-12-11/h4-6,8-9,14H,7H2,1-3H3,(H,12,13). The van der Waals surface area contributed by atoms with Crippen LogP contribution in [0.15, 0.2) is 18.3 Å². The zero-order valence-corrected chi connectivity index (χ0v) is 9.40. The monoisotopic (exact) mass is 210 g/mol. The molecule has 0 aromatic carbocycles. The maximum Gasteiger partial charge on any atom is 0.137 e. The van der Waals surface area contributed by atoms with E-state index in [1.165, 1.54) is 0 Å². The molecule has 0 saturated carbocycles. The van der Waals surface area contributed by atoms with Crippen molar-refractivity contribution in [1.29, 1.82) is 0 Å². The SMILES string of the molecule is COc1ccc(NC(C)C(C)CO)nc1. The Morgan fingerprint density at radius 3 is 2.67 bits per heavy atom. The first kappa shape index (κ1) is 11.8. The maximum absolute atomic E-state index is 8.98. The van der Waals surface area contributed by atoms with Crippen molar-refractivity contribution in [2.75, 3.05) is 19.0 Å². The van der Waals surface area contributed by atoms with Gasteiger partial charge in [-0.3, -0.25) is 0 Å². The van der Waals surface area contributed by atoms with Crippen LogP contribution in [0, 0.1) is 5.92 Å². The van der Waals surface area contributed by atoms with E-state index >= 15 is 0 Å². The smallest absolute Gasteiger partial charge is 0.137 e. The normalized spacial score (nSPS) is 14.4. The minimum Gasteiger partial charge on any atom is -0.495 e. The number of rotatable bonds is 5. The first-order valence-corrected chi connectivity index (χ1v) is 5.04. The van der Waals surface area contributed by atoms with Gasteiger partial charge in [-0.2, -0.15) is 0 Å². The van der Waals surface area contributed by atoms with E-state index in [9.17, 15) is 0 Å². The zero-order valence-electron chi connectivity index (χ0n) is 9.40. The van der Waals surface area contributed by atoms with Gasteiger partial charge in [0.2, 0.25) is 0 Å². The van der Waals surface area contributed by atoms with E-state index in [0.29, 0.717) is 0 Å². The van der Waals surface area contributed by atoms with Crippen LogP contribution in [0.1, 0.15) is 13.8 Å². The van der Waals surface area contributed by atoms with Crippen molar-refractivity contribution in [3.8, 4) is 5.75 Å². The van der Waals surface area contributed by atoms with Gasteiger partial charge in [-0.25, -0.2) is 4.98 Å². The molecule has 4 nitrogen and oxygen atoms in total. The van der Waals surface area contributed by atoms with Crippen LogP contribution < -0.4 is 10.1 Å². The molecule has 2 N–H and O–H groups in total.